The number of nitrogens with one attached hydrogen (secondary N) is 2. The maximum atomic E-state index is 12.9. The highest BCUT2D eigenvalue weighted by Gasteiger charge is 2.23. The Bertz CT molecular complexity index is 479. The zero-order valence-corrected chi connectivity index (χ0v) is 11.5. The molecule has 0 radical (unpaired) electrons. The summed E-state index contributed by atoms with van der Waals surface area (Å²) in [6, 6.07) is 4.73. The van der Waals surface area contributed by atoms with Crippen molar-refractivity contribution in [2.45, 2.75) is 26.3 Å². The number of carboxylic acid groups (broad SMARTS) is 1. The third-order valence-electron chi connectivity index (χ3n) is 3.07. The molecule has 0 fully saturated rings. The number of halogens is 1. The molecule has 1 amide bonds. The SMILES string of the molecule is CC[C@H](C)[C@H](NCC(=O)Nc1cccc(F)c1)C(=O)O. The Hall–Kier alpha value is -1.95. The van der Waals surface area contributed by atoms with Crippen LogP contribution in [0.5, 0.6) is 0 Å². The molecule has 5 nitrogen and oxygen atoms in total. The number of anilines is 1. The fraction of sp³-hybridized carbons (Fsp3) is 0.429. The van der Waals surface area contributed by atoms with E-state index >= 15 is 0 Å². The van der Waals surface area contributed by atoms with E-state index in [1.54, 1.807) is 13.0 Å². The van der Waals surface area contributed by atoms with Crippen LogP contribution in [0.1, 0.15) is 20.3 Å². The quantitative estimate of drug-likeness (QED) is 0.713. The molecular weight excluding hydrogens is 263 g/mol. The number of aliphatic carboxylic acids is 1. The minimum atomic E-state index is -0.988. The van der Waals surface area contributed by atoms with Crippen molar-refractivity contribution in [3.63, 3.8) is 0 Å². The number of benzene rings is 1. The number of amides is 1. The van der Waals surface area contributed by atoms with Gasteiger partial charge in [0.1, 0.15) is 11.9 Å². The Balaban J connectivity index is 2.52. The molecule has 0 unspecified atom stereocenters. The normalized spacial score (nSPS) is 13.6. The lowest BCUT2D eigenvalue weighted by molar-refractivity contribution is -0.140. The van der Waals surface area contributed by atoms with E-state index in [0.29, 0.717) is 12.1 Å². The number of carboxylic acids is 1. The number of hydrogen-bond donors (Lipinski definition) is 3. The molecule has 1 aromatic rings. The van der Waals surface area contributed by atoms with E-state index in [4.69, 9.17) is 5.11 Å². The molecular formula is C14H19FN2O3. The topological polar surface area (TPSA) is 78.4 Å². The van der Waals surface area contributed by atoms with E-state index in [0.717, 1.165) is 0 Å². The largest absolute Gasteiger partial charge is 0.480 e. The third kappa shape index (κ3) is 4.97. The first kappa shape index (κ1) is 16.1. The van der Waals surface area contributed by atoms with Crippen molar-refractivity contribution in [1.82, 2.24) is 5.32 Å². The van der Waals surface area contributed by atoms with E-state index in [9.17, 15) is 14.0 Å². The number of rotatable bonds is 7. The van der Waals surface area contributed by atoms with E-state index in [2.05, 4.69) is 10.6 Å². The smallest absolute Gasteiger partial charge is 0.320 e. The second-order valence-corrected chi connectivity index (χ2v) is 4.64. The Morgan fingerprint density at radius 3 is 2.65 bits per heavy atom. The predicted octanol–water partition coefficient (Wildman–Crippen LogP) is 1.85. The van der Waals surface area contributed by atoms with Gasteiger partial charge >= 0.3 is 5.97 Å². The average molecular weight is 282 g/mol. The molecule has 1 rings (SSSR count). The lowest BCUT2D eigenvalue weighted by Gasteiger charge is -2.19. The first-order valence-electron chi connectivity index (χ1n) is 6.45. The van der Waals surface area contributed by atoms with Gasteiger partial charge in [0, 0.05) is 5.69 Å². The lowest BCUT2D eigenvalue weighted by atomic mass is 9.99. The first-order chi connectivity index (χ1) is 9.43. The molecule has 0 saturated heterocycles. The van der Waals surface area contributed by atoms with E-state index in [1.165, 1.54) is 18.2 Å². The summed E-state index contributed by atoms with van der Waals surface area (Å²) >= 11 is 0. The fourth-order valence-electron chi connectivity index (χ4n) is 1.74. The Morgan fingerprint density at radius 1 is 1.40 bits per heavy atom. The van der Waals surface area contributed by atoms with Crippen molar-refractivity contribution in [3.05, 3.63) is 30.1 Å². The molecule has 1 aromatic carbocycles. The van der Waals surface area contributed by atoms with Gasteiger partial charge in [0.2, 0.25) is 5.91 Å². The summed E-state index contributed by atoms with van der Waals surface area (Å²) in [6.45, 7) is 3.54. The number of carbonyl (C=O) groups excluding carboxylic acids is 1. The lowest BCUT2D eigenvalue weighted by Crippen LogP contribution is -2.45. The van der Waals surface area contributed by atoms with Gasteiger partial charge in [-0.2, -0.15) is 0 Å². The van der Waals surface area contributed by atoms with Crippen LogP contribution in [0.15, 0.2) is 24.3 Å². The standard InChI is InChI=1S/C14H19FN2O3/c1-3-9(2)13(14(19)20)16-8-12(18)17-11-6-4-5-10(15)7-11/h4-7,9,13,16H,3,8H2,1-2H3,(H,17,18)(H,19,20)/t9-,13-/m0/s1. The summed E-state index contributed by atoms with van der Waals surface area (Å²) in [4.78, 5) is 22.7. The highest BCUT2D eigenvalue weighted by molar-refractivity contribution is 5.92. The highest BCUT2D eigenvalue weighted by Crippen LogP contribution is 2.09. The third-order valence-corrected chi connectivity index (χ3v) is 3.07. The number of carbonyl (C=O) groups is 2. The summed E-state index contributed by atoms with van der Waals surface area (Å²) in [6.07, 6.45) is 0.690. The van der Waals surface area contributed by atoms with Crippen LogP contribution in [0.4, 0.5) is 10.1 Å². The summed E-state index contributed by atoms with van der Waals surface area (Å²) in [5.41, 5.74) is 0.340. The minimum Gasteiger partial charge on any atom is -0.480 e. The van der Waals surface area contributed by atoms with Crippen molar-refractivity contribution in [2.75, 3.05) is 11.9 Å². The van der Waals surface area contributed by atoms with Crippen LogP contribution in [0.2, 0.25) is 0 Å². The van der Waals surface area contributed by atoms with E-state index < -0.39 is 23.7 Å². The Kier molecular flexibility index (Phi) is 6.11. The van der Waals surface area contributed by atoms with Gasteiger partial charge in [0.15, 0.2) is 0 Å². The summed E-state index contributed by atoms with van der Waals surface area (Å²) in [5.74, 6) is -1.93. The maximum absolute atomic E-state index is 12.9. The van der Waals surface area contributed by atoms with E-state index in [1.807, 2.05) is 6.92 Å². The van der Waals surface area contributed by atoms with Gasteiger partial charge in [-0.15, -0.1) is 0 Å². The molecule has 0 aromatic heterocycles. The zero-order valence-electron chi connectivity index (χ0n) is 11.5. The molecule has 0 bridgehead atoms. The summed E-state index contributed by atoms with van der Waals surface area (Å²) in [5, 5.41) is 14.3. The van der Waals surface area contributed by atoms with Crippen LogP contribution in [0.25, 0.3) is 0 Å². The Labute approximate surface area is 117 Å². The van der Waals surface area contributed by atoms with Gasteiger partial charge < -0.3 is 10.4 Å². The molecule has 110 valence electrons. The maximum Gasteiger partial charge on any atom is 0.320 e. The van der Waals surface area contributed by atoms with Crippen molar-refractivity contribution in [3.8, 4) is 0 Å². The molecule has 0 spiro atoms. The van der Waals surface area contributed by atoms with Crippen molar-refractivity contribution < 1.29 is 19.1 Å². The van der Waals surface area contributed by atoms with Crippen molar-refractivity contribution >= 4 is 17.6 Å². The second kappa shape index (κ2) is 7.59. The molecule has 6 heteroatoms. The fourth-order valence-corrected chi connectivity index (χ4v) is 1.74. The van der Waals surface area contributed by atoms with Crippen LogP contribution in [-0.2, 0) is 9.59 Å². The van der Waals surface area contributed by atoms with Gasteiger partial charge in [0.05, 0.1) is 6.54 Å². The minimum absolute atomic E-state index is 0.0885. The molecule has 2 atom stereocenters. The molecule has 20 heavy (non-hydrogen) atoms. The van der Waals surface area contributed by atoms with Crippen LogP contribution in [0, 0.1) is 11.7 Å². The van der Waals surface area contributed by atoms with E-state index in [-0.39, 0.29) is 12.5 Å². The number of hydrogen-bond acceptors (Lipinski definition) is 3. The van der Waals surface area contributed by atoms with Gasteiger partial charge in [-0.3, -0.25) is 14.9 Å². The molecule has 3 N–H and O–H groups in total. The van der Waals surface area contributed by atoms with Crippen molar-refractivity contribution in [2.24, 2.45) is 5.92 Å². The van der Waals surface area contributed by atoms with Gasteiger partial charge in [-0.05, 0) is 24.1 Å². The van der Waals surface area contributed by atoms with Crippen LogP contribution in [-0.4, -0.2) is 29.6 Å². The molecule has 0 heterocycles. The van der Waals surface area contributed by atoms with Crippen LogP contribution < -0.4 is 10.6 Å². The Morgan fingerprint density at radius 2 is 2.10 bits per heavy atom. The van der Waals surface area contributed by atoms with Gasteiger partial charge in [-0.1, -0.05) is 26.3 Å². The highest BCUT2D eigenvalue weighted by atomic mass is 19.1. The summed E-state index contributed by atoms with van der Waals surface area (Å²) in [7, 11) is 0. The monoisotopic (exact) mass is 282 g/mol. The van der Waals surface area contributed by atoms with Gasteiger partial charge in [-0.25, -0.2) is 4.39 Å². The van der Waals surface area contributed by atoms with Crippen LogP contribution >= 0.6 is 0 Å². The van der Waals surface area contributed by atoms with Crippen molar-refractivity contribution in [1.29, 1.82) is 0 Å². The predicted molar refractivity (Wildman–Crippen MR) is 73.9 cm³/mol. The molecule has 0 aliphatic heterocycles. The van der Waals surface area contributed by atoms with Gasteiger partial charge in [0.25, 0.3) is 0 Å². The molecule has 0 saturated carbocycles. The molecule has 0 aliphatic carbocycles. The first-order valence-corrected chi connectivity index (χ1v) is 6.45. The second-order valence-electron chi connectivity index (χ2n) is 4.64. The molecule has 0 aliphatic rings. The van der Waals surface area contributed by atoms with Crippen LogP contribution in [0.3, 0.4) is 0 Å². The summed E-state index contributed by atoms with van der Waals surface area (Å²) < 4.78 is 12.9. The zero-order chi connectivity index (χ0) is 15.1. The average Bonchev–Trinajstić information content (AvgIpc) is 2.38.